The van der Waals surface area contributed by atoms with Crippen LogP contribution in [0.1, 0.15) is 15.9 Å². The van der Waals surface area contributed by atoms with E-state index in [0.717, 1.165) is 5.56 Å². The molecule has 0 saturated heterocycles. The van der Waals surface area contributed by atoms with E-state index in [1.807, 2.05) is 24.5 Å². The van der Waals surface area contributed by atoms with Gasteiger partial charge in [0.25, 0.3) is 5.91 Å². The van der Waals surface area contributed by atoms with Crippen LogP contribution in [-0.2, 0) is 6.54 Å². The zero-order valence-corrected chi connectivity index (χ0v) is 12.5. The van der Waals surface area contributed by atoms with E-state index in [4.69, 9.17) is 17.3 Å². The van der Waals surface area contributed by atoms with Gasteiger partial charge in [0.2, 0.25) is 0 Å². The highest BCUT2D eigenvalue weighted by Crippen LogP contribution is 2.23. The largest absolute Gasteiger partial charge is 0.380 e. The maximum Gasteiger partial charge on any atom is 0.252 e. The highest BCUT2D eigenvalue weighted by atomic mass is 35.5. The molecule has 1 aromatic carbocycles. The molecular weight excluding hydrogens is 294 g/mol. The Morgan fingerprint density at radius 2 is 2.20 bits per heavy atom. The van der Waals surface area contributed by atoms with E-state index in [2.05, 4.69) is 16.4 Å². The van der Waals surface area contributed by atoms with E-state index < -0.39 is 5.91 Å². The van der Waals surface area contributed by atoms with Gasteiger partial charge in [-0.1, -0.05) is 29.8 Å². The molecule has 0 saturated carbocycles. The molecule has 0 bridgehead atoms. The van der Waals surface area contributed by atoms with Crippen LogP contribution in [0.25, 0.3) is 0 Å². The van der Waals surface area contributed by atoms with E-state index >= 15 is 0 Å². The quantitative estimate of drug-likeness (QED) is 0.657. The first-order valence-corrected chi connectivity index (χ1v) is 7.53. The lowest BCUT2D eigenvalue weighted by Crippen LogP contribution is -2.15. The second kappa shape index (κ2) is 6.63. The SMILES string of the molecule is CSc1ccccc1CNc1cc(Cl)ncc1C(N)=O. The number of carbonyl (C=O) groups is 1. The Morgan fingerprint density at radius 3 is 2.90 bits per heavy atom. The average molecular weight is 308 g/mol. The van der Waals surface area contributed by atoms with Crippen molar-refractivity contribution in [2.24, 2.45) is 5.73 Å². The minimum Gasteiger partial charge on any atom is -0.380 e. The Morgan fingerprint density at radius 1 is 1.45 bits per heavy atom. The fourth-order valence-corrected chi connectivity index (χ4v) is 2.59. The fraction of sp³-hybridized carbons (Fsp3) is 0.143. The number of hydrogen-bond donors (Lipinski definition) is 2. The smallest absolute Gasteiger partial charge is 0.252 e. The summed E-state index contributed by atoms with van der Waals surface area (Å²) in [6.45, 7) is 0.581. The number of hydrogen-bond acceptors (Lipinski definition) is 4. The van der Waals surface area contributed by atoms with Gasteiger partial charge < -0.3 is 11.1 Å². The van der Waals surface area contributed by atoms with Crippen molar-refractivity contribution in [1.29, 1.82) is 0 Å². The zero-order chi connectivity index (χ0) is 14.5. The molecule has 2 aromatic rings. The van der Waals surface area contributed by atoms with Crippen LogP contribution in [0.15, 0.2) is 41.4 Å². The topological polar surface area (TPSA) is 68.0 Å². The molecule has 0 spiro atoms. The van der Waals surface area contributed by atoms with Crippen LogP contribution >= 0.6 is 23.4 Å². The van der Waals surface area contributed by atoms with Crippen molar-refractivity contribution in [2.45, 2.75) is 11.4 Å². The number of benzene rings is 1. The maximum atomic E-state index is 11.4. The number of thioether (sulfide) groups is 1. The number of carbonyl (C=O) groups excluding carboxylic acids is 1. The highest BCUT2D eigenvalue weighted by molar-refractivity contribution is 7.98. The van der Waals surface area contributed by atoms with E-state index in [-0.39, 0.29) is 0 Å². The molecule has 1 amide bonds. The number of nitrogens with zero attached hydrogens (tertiary/aromatic N) is 1. The van der Waals surface area contributed by atoms with Gasteiger partial charge in [0.1, 0.15) is 5.15 Å². The lowest BCUT2D eigenvalue weighted by Gasteiger charge is -2.12. The molecule has 0 aliphatic heterocycles. The van der Waals surface area contributed by atoms with Crippen molar-refractivity contribution in [1.82, 2.24) is 4.98 Å². The molecule has 0 radical (unpaired) electrons. The summed E-state index contributed by atoms with van der Waals surface area (Å²) < 4.78 is 0. The lowest BCUT2D eigenvalue weighted by molar-refractivity contribution is 0.100. The van der Waals surface area contributed by atoms with Crippen LogP contribution in [0.3, 0.4) is 0 Å². The highest BCUT2D eigenvalue weighted by Gasteiger charge is 2.10. The van der Waals surface area contributed by atoms with Crippen LogP contribution in [0.2, 0.25) is 5.15 Å². The Kier molecular flexibility index (Phi) is 4.87. The molecule has 1 heterocycles. The summed E-state index contributed by atoms with van der Waals surface area (Å²) in [6.07, 6.45) is 3.41. The average Bonchev–Trinajstić information content (AvgIpc) is 2.45. The van der Waals surface area contributed by atoms with Gasteiger partial charge >= 0.3 is 0 Å². The molecule has 104 valence electrons. The molecule has 3 N–H and O–H groups in total. The van der Waals surface area contributed by atoms with Crippen LogP contribution in [0.5, 0.6) is 0 Å². The number of halogens is 1. The summed E-state index contributed by atoms with van der Waals surface area (Å²) in [4.78, 5) is 16.4. The van der Waals surface area contributed by atoms with Gasteiger partial charge in [-0.15, -0.1) is 11.8 Å². The van der Waals surface area contributed by atoms with E-state index in [1.165, 1.54) is 11.1 Å². The van der Waals surface area contributed by atoms with Gasteiger partial charge in [-0.05, 0) is 24.0 Å². The van der Waals surface area contributed by atoms with E-state index in [0.29, 0.717) is 22.9 Å². The maximum absolute atomic E-state index is 11.4. The fourth-order valence-electron chi connectivity index (χ4n) is 1.81. The third-order valence-corrected chi connectivity index (χ3v) is 3.84. The van der Waals surface area contributed by atoms with Gasteiger partial charge in [-0.25, -0.2) is 4.98 Å². The van der Waals surface area contributed by atoms with Gasteiger partial charge in [0, 0.05) is 17.6 Å². The van der Waals surface area contributed by atoms with Gasteiger partial charge in [-0.2, -0.15) is 0 Å². The molecule has 20 heavy (non-hydrogen) atoms. The number of amides is 1. The standard InChI is InChI=1S/C14H14ClN3OS/c1-20-12-5-3-2-4-9(12)7-17-11-6-13(15)18-8-10(11)14(16)19/h2-6,8H,7H2,1H3,(H2,16,19)(H,17,18). The second-order valence-electron chi connectivity index (χ2n) is 4.08. The van der Waals surface area contributed by atoms with Gasteiger partial charge in [0.05, 0.1) is 11.3 Å². The van der Waals surface area contributed by atoms with Crippen LogP contribution in [-0.4, -0.2) is 17.1 Å². The predicted molar refractivity (Wildman–Crippen MR) is 83.3 cm³/mol. The molecule has 0 atom stereocenters. The molecule has 2 rings (SSSR count). The normalized spacial score (nSPS) is 10.3. The number of anilines is 1. The second-order valence-corrected chi connectivity index (χ2v) is 5.32. The molecule has 6 heteroatoms. The summed E-state index contributed by atoms with van der Waals surface area (Å²) in [5.74, 6) is -0.533. The summed E-state index contributed by atoms with van der Waals surface area (Å²) in [5.41, 5.74) is 7.39. The molecule has 0 unspecified atom stereocenters. The summed E-state index contributed by atoms with van der Waals surface area (Å²) in [6, 6.07) is 9.66. The first kappa shape index (κ1) is 14.7. The molecule has 4 nitrogen and oxygen atoms in total. The van der Waals surface area contributed by atoms with E-state index in [9.17, 15) is 4.79 Å². The summed E-state index contributed by atoms with van der Waals surface area (Å²) in [7, 11) is 0. The third-order valence-electron chi connectivity index (χ3n) is 2.80. The number of aromatic nitrogens is 1. The number of primary amides is 1. The van der Waals surface area contributed by atoms with E-state index in [1.54, 1.807) is 17.8 Å². The minimum absolute atomic E-state index is 0.315. The number of pyridine rings is 1. The van der Waals surface area contributed by atoms with Crippen LogP contribution in [0, 0.1) is 0 Å². The van der Waals surface area contributed by atoms with Crippen molar-refractivity contribution in [3.05, 3.63) is 52.8 Å². The van der Waals surface area contributed by atoms with Crippen molar-refractivity contribution < 1.29 is 4.79 Å². The number of nitrogens with two attached hydrogens (primary N) is 1. The monoisotopic (exact) mass is 307 g/mol. The molecular formula is C14H14ClN3OS. The summed E-state index contributed by atoms with van der Waals surface area (Å²) >= 11 is 7.53. The van der Waals surface area contributed by atoms with Crippen molar-refractivity contribution in [3.8, 4) is 0 Å². The van der Waals surface area contributed by atoms with Gasteiger partial charge in [-0.3, -0.25) is 4.79 Å². The Balaban J connectivity index is 2.22. The molecule has 0 aliphatic rings. The van der Waals surface area contributed by atoms with Crippen molar-refractivity contribution in [3.63, 3.8) is 0 Å². The summed E-state index contributed by atoms with van der Waals surface area (Å²) in [5, 5.41) is 3.50. The van der Waals surface area contributed by atoms with Crippen LogP contribution < -0.4 is 11.1 Å². The first-order valence-electron chi connectivity index (χ1n) is 5.93. The van der Waals surface area contributed by atoms with Gasteiger partial charge in [0.15, 0.2) is 0 Å². The first-order chi connectivity index (χ1) is 9.61. The Bertz CT molecular complexity index is 634. The van der Waals surface area contributed by atoms with Crippen LogP contribution in [0.4, 0.5) is 5.69 Å². The number of nitrogens with one attached hydrogen (secondary N) is 1. The third kappa shape index (κ3) is 3.43. The predicted octanol–water partition coefficient (Wildman–Crippen LogP) is 3.17. The Hall–Kier alpha value is -1.72. The Labute approximate surface area is 126 Å². The minimum atomic E-state index is -0.533. The molecule has 0 fully saturated rings. The number of rotatable bonds is 5. The lowest BCUT2D eigenvalue weighted by atomic mass is 10.2. The molecule has 1 aromatic heterocycles. The van der Waals surface area contributed by atoms with Crippen molar-refractivity contribution >= 4 is 35.0 Å². The zero-order valence-electron chi connectivity index (χ0n) is 10.9. The molecule has 0 aliphatic carbocycles. The van der Waals surface area contributed by atoms with Crippen molar-refractivity contribution in [2.75, 3.05) is 11.6 Å².